The SMILES string of the molecule is c1ccc(N(c2ccc(-c3ccccc3-n3c4ccccc4c4ccccc43)cc2)c2ccc(-c3cccc4ccccc34)cc2)c(-c2cccc3oc4c5ccccc5ccc4c23)c1. The molecule has 0 aliphatic rings. The second kappa shape index (κ2) is 15.0. The molecule has 13 aromatic rings. The summed E-state index contributed by atoms with van der Waals surface area (Å²) < 4.78 is 9.12. The summed E-state index contributed by atoms with van der Waals surface area (Å²) in [4.78, 5) is 2.40. The maximum absolute atomic E-state index is 6.71. The van der Waals surface area contributed by atoms with Crippen molar-refractivity contribution in [3.8, 4) is 39.1 Å². The maximum Gasteiger partial charge on any atom is 0.143 e. The Morgan fingerprint density at radius 2 is 0.831 bits per heavy atom. The first-order valence-electron chi connectivity index (χ1n) is 22.3. The fourth-order valence-electron chi connectivity index (χ4n) is 10.3. The first-order chi connectivity index (χ1) is 32.3. The second-order valence-corrected chi connectivity index (χ2v) is 16.8. The molecule has 2 aromatic heterocycles. The smallest absolute Gasteiger partial charge is 0.143 e. The van der Waals surface area contributed by atoms with E-state index in [2.05, 4.69) is 252 Å². The van der Waals surface area contributed by atoms with Crippen molar-refractivity contribution in [3.63, 3.8) is 0 Å². The number of benzene rings is 11. The topological polar surface area (TPSA) is 21.3 Å². The Labute approximate surface area is 376 Å². The zero-order valence-electron chi connectivity index (χ0n) is 35.4. The van der Waals surface area contributed by atoms with E-state index in [1.165, 1.54) is 54.7 Å². The number of furan rings is 1. The average molecular weight is 829 g/mol. The molecule has 3 heteroatoms. The summed E-state index contributed by atoms with van der Waals surface area (Å²) >= 11 is 0. The van der Waals surface area contributed by atoms with Crippen LogP contribution in [-0.4, -0.2) is 4.57 Å². The van der Waals surface area contributed by atoms with E-state index >= 15 is 0 Å². The van der Waals surface area contributed by atoms with Gasteiger partial charge in [0.1, 0.15) is 11.2 Å². The summed E-state index contributed by atoms with van der Waals surface area (Å²) in [6.45, 7) is 0. The molecule has 0 amide bonds. The van der Waals surface area contributed by atoms with Crippen LogP contribution < -0.4 is 4.90 Å². The van der Waals surface area contributed by atoms with Crippen LogP contribution in [0.3, 0.4) is 0 Å². The molecule has 0 saturated heterocycles. The van der Waals surface area contributed by atoms with Crippen molar-refractivity contribution in [1.82, 2.24) is 4.57 Å². The fourth-order valence-corrected chi connectivity index (χ4v) is 10.3. The van der Waals surface area contributed by atoms with Crippen molar-refractivity contribution in [2.75, 3.05) is 4.90 Å². The lowest BCUT2D eigenvalue weighted by molar-refractivity contribution is 0.673. The zero-order chi connectivity index (χ0) is 42.8. The van der Waals surface area contributed by atoms with Gasteiger partial charge in [0, 0.05) is 49.4 Å². The highest BCUT2D eigenvalue weighted by atomic mass is 16.3. The molecule has 0 bridgehead atoms. The first kappa shape index (κ1) is 36.9. The summed E-state index contributed by atoms with van der Waals surface area (Å²) in [5.74, 6) is 0. The minimum Gasteiger partial charge on any atom is -0.455 e. The molecule has 13 rings (SSSR count). The van der Waals surface area contributed by atoms with Gasteiger partial charge in [-0.2, -0.15) is 0 Å². The third-order valence-corrected chi connectivity index (χ3v) is 13.2. The minimum atomic E-state index is 0.876. The first-order valence-corrected chi connectivity index (χ1v) is 22.3. The van der Waals surface area contributed by atoms with Crippen molar-refractivity contribution in [2.24, 2.45) is 0 Å². The van der Waals surface area contributed by atoms with E-state index < -0.39 is 0 Å². The van der Waals surface area contributed by atoms with Gasteiger partial charge in [-0.1, -0.05) is 182 Å². The summed E-state index contributed by atoms with van der Waals surface area (Å²) in [6.07, 6.45) is 0. The van der Waals surface area contributed by atoms with Gasteiger partial charge in [0.15, 0.2) is 0 Å². The summed E-state index contributed by atoms with van der Waals surface area (Å²) in [5, 5.41) is 9.50. The number of hydrogen-bond acceptors (Lipinski definition) is 2. The predicted octanol–water partition coefficient (Wildman–Crippen LogP) is 17.5. The van der Waals surface area contributed by atoms with Crippen molar-refractivity contribution in [1.29, 1.82) is 0 Å². The lowest BCUT2D eigenvalue weighted by Crippen LogP contribution is -2.11. The molecule has 0 aliphatic heterocycles. The van der Waals surface area contributed by atoms with Crippen LogP contribution in [0.4, 0.5) is 17.1 Å². The normalized spacial score (nSPS) is 11.7. The number of nitrogens with zero attached hydrogens (tertiary/aromatic N) is 2. The zero-order valence-corrected chi connectivity index (χ0v) is 35.4. The molecule has 0 atom stereocenters. The molecule has 11 aromatic carbocycles. The van der Waals surface area contributed by atoms with Crippen LogP contribution in [0.1, 0.15) is 0 Å². The van der Waals surface area contributed by atoms with Crippen molar-refractivity contribution in [3.05, 3.63) is 243 Å². The Hall–Kier alpha value is -8.66. The fraction of sp³-hybridized carbons (Fsp3) is 0. The summed E-state index contributed by atoms with van der Waals surface area (Å²) in [6, 6.07) is 87.7. The van der Waals surface area contributed by atoms with Gasteiger partial charge in [-0.05, 0) is 99.1 Å². The van der Waals surface area contributed by atoms with E-state index in [-0.39, 0.29) is 0 Å². The molecule has 0 fully saturated rings. The van der Waals surface area contributed by atoms with Crippen LogP contribution in [0.15, 0.2) is 247 Å². The molecule has 304 valence electrons. The molecule has 0 unspecified atom stereocenters. The number of rotatable bonds is 7. The molecule has 65 heavy (non-hydrogen) atoms. The van der Waals surface area contributed by atoms with E-state index in [1.54, 1.807) is 0 Å². The third kappa shape index (κ3) is 5.97. The molecular formula is C62H40N2O. The minimum absolute atomic E-state index is 0.876. The Balaban J connectivity index is 0.982. The van der Waals surface area contributed by atoms with Gasteiger partial charge in [-0.15, -0.1) is 0 Å². The number of anilines is 3. The molecule has 0 spiro atoms. The Bertz CT molecular complexity index is 3890. The Kier molecular flexibility index (Phi) is 8.53. The van der Waals surface area contributed by atoms with Gasteiger partial charge in [-0.25, -0.2) is 0 Å². The average Bonchev–Trinajstić information content (AvgIpc) is 3.94. The van der Waals surface area contributed by atoms with Gasteiger partial charge < -0.3 is 13.9 Å². The maximum atomic E-state index is 6.71. The van der Waals surface area contributed by atoms with E-state index in [0.29, 0.717) is 0 Å². The van der Waals surface area contributed by atoms with Crippen molar-refractivity contribution >= 4 is 82.4 Å². The molecule has 0 N–H and O–H groups in total. The second-order valence-electron chi connectivity index (χ2n) is 16.8. The summed E-state index contributed by atoms with van der Waals surface area (Å²) in [5.41, 5.74) is 15.5. The molecule has 0 radical (unpaired) electrons. The largest absolute Gasteiger partial charge is 0.455 e. The number of fused-ring (bicyclic) bond motifs is 9. The van der Waals surface area contributed by atoms with Crippen LogP contribution >= 0.6 is 0 Å². The number of hydrogen-bond donors (Lipinski definition) is 0. The monoisotopic (exact) mass is 828 g/mol. The Morgan fingerprint density at radius 3 is 1.55 bits per heavy atom. The summed E-state index contributed by atoms with van der Waals surface area (Å²) in [7, 11) is 0. The van der Waals surface area contributed by atoms with Crippen molar-refractivity contribution < 1.29 is 4.42 Å². The Morgan fingerprint density at radius 1 is 0.323 bits per heavy atom. The number of para-hydroxylation sites is 4. The van der Waals surface area contributed by atoms with E-state index in [1.807, 2.05) is 0 Å². The van der Waals surface area contributed by atoms with Crippen LogP contribution in [0.2, 0.25) is 0 Å². The molecule has 0 saturated carbocycles. The molecule has 2 heterocycles. The van der Waals surface area contributed by atoms with Crippen molar-refractivity contribution in [2.45, 2.75) is 0 Å². The van der Waals surface area contributed by atoms with Gasteiger partial charge in [0.05, 0.1) is 22.4 Å². The van der Waals surface area contributed by atoms with E-state index in [9.17, 15) is 0 Å². The molecule has 3 nitrogen and oxygen atoms in total. The highest BCUT2D eigenvalue weighted by molar-refractivity contribution is 6.20. The lowest BCUT2D eigenvalue weighted by atomic mass is 9.95. The van der Waals surface area contributed by atoms with Crippen LogP contribution in [-0.2, 0) is 0 Å². The van der Waals surface area contributed by atoms with Gasteiger partial charge >= 0.3 is 0 Å². The van der Waals surface area contributed by atoms with Crippen LogP contribution in [0, 0.1) is 0 Å². The molecular weight excluding hydrogens is 789 g/mol. The third-order valence-electron chi connectivity index (χ3n) is 13.2. The van der Waals surface area contributed by atoms with E-state index in [0.717, 1.165) is 66.8 Å². The standard InChI is InChI=1S/C62H40N2O/c1-3-18-47-41(15-1)17-13-24-48(47)43-31-36-45(37-32-43)63(57-27-10-8-23-53(57)54-25-14-30-60-61(54)55-40-35-42-16-2-4-20-50(42)62(55)65-60)46-38-33-44(34-39-46)49-19-5-9-26-56(49)64-58-28-11-6-21-51(58)52-22-7-12-29-59(52)64/h1-40H. The molecule has 0 aliphatic carbocycles. The van der Waals surface area contributed by atoms with Gasteiger partial charge in [0.25, 0.3) is 0 Å². The quantitative estimate of drug-likeness (QED) is 0.160. The van der Waals surface area contributed by atoms with E-state index in [4.69, 9.17) is 4.42 Å². The van der Waals surface area contributed by atoms with Gasteiger partial charge in [-0.3, -0.25) is 0 Å². The van der Waals surface area contributed by atoms with Crippen LogP contribution in [0.5, 0.6) is 0 Å². The van der Waals surface area contributed by atoms with Crippen LogP contribution in [0.25, 0.3) is 104 Å². The predicted molar refractivity (Wildman–Crippen MR) is 274 cm³/mol. The van der Waals surface area contributed by atoms with Gasteiger partial charge in [0.2, 0.25) is 0 Å². The highest BCUT2D eigenvalue weighted by Crippen LogP contribution is 2.47. The number of aromatic nitrogens is 1. The highest BCUT2D eigenvalue weighted by Gasteiger charge is 2.22. The lowest BCUT2D eigenvalue weighted by Gasteiger charge is -2.28.